The number of rotatable bonds is 7. The van der Waals surface area contributed by atoms with Gasteiger partial charge >= 0.3 is 5.97 Å². The largest absolute Gasteiger partial charge is 0.481 e. The van der Waals surface area contributed by atoms with E-state index in [2.05, 4.69) is 10.3 Å². The normalized spacial score (nSPS) is 11.9. The van der Waals surface area contributed by atoms with Gasteiger partial charge < -0.3 is 14.8 Å². The SMILES string of the molecule is CCOC(=O)C(CC)NCc1ccnc(OC)c1. The van der Waals surface area contributed by atoms with E-state index < -0.39 is 0 Å². The molecule has 0 spiro atoms. The number of hydrogen-bond acceptors (Lipinski definition) is 5. The van der Waals surface area contributed by atoms with Gasteiger partial charge in [-0.15, -0.1) is 0 Å². The number of carbonyl (C=O) groups excluding carboxylic acids is 1. The van der Waals surface area contributed by atoms with Crippen LogP contribution in [0.4, 0.5) is 0 Å². The molecule has 5 nitrogen and oxygen atoms in total. The Hall–Kier alpha value is -1.62. The quantitative estimate of drug-likeness (QED) is 0.746. The van der Waals surface area contributed by atoms with E-state index in [9.17, 15) is 4.79 Å². The third kappa shape index (κ3) is 4.33. The number of hydrogen-bond donors (Lipinski definition) is 1. The Kier molecular flexibility index (Phi) is 6.14. The lowest BCUT2D eigenvalue weighted by Gasteiger charge is -2.15. The molecule has 1 rings (SSSR count). The maximum atomic E-state index is 11.6. The van der Waals surface area contributed by atoms with Crippen LogP contribution >= 0.6 is 0 Å². The number of nitrogens with zero attached hydrogens (tertiary/aromatic N) is 1. The Labute approximate surface area is 108 Å². The van der Waals surface area contributed by atoms with Crippen molar-refractivity contribution in [2.45, 2.75) is 32.9 Å². The Balaban J connectivity index is 2.53. The van der Waals surface area contributed by atoms with Gasteiger partial charge in [-0.1, -0.05) is 6.92 Å². The first-order chi connectivity index (χ1) is 8.71. The Morgan fingerprint density at radius 2 is 2.28 bits per heavy atom. The van der Waals surface area contributed by atoms with E-state index in [1.807, 2.05) is 19.1 Å². The van der Waals surface area contributed by atoms with Gasteiger partial charge in [0.15, 0.2) is 0 Å². The molecule has 0 radical (unpaired) electrons. The lowest BCUT2D eigenvalue weighted by atomic mass is 10.2. The number of pyridine rings is 1. The number of methoxy groups -OCH3 is 1. The summed E-state index contributed by atoms with van der Waals surface area (Å²) in [6.07, 6.45) is 2.38. The summed E-state index contributed by atoms with van der Waals surface area (Å²) in [6.45, 7) is 4.73. The molecule has 0 saturated heterocycles. The van der Waals surface area contributed by atoms with Crippen LogP contribution in [0.5, 0.6) is 5.88 Å². The minimum atomic E-state index is -0.274. The molecule has 1 unspecified atom stereocenters. The molecule has 18 heavy (non-hydrogen) atoms. The van der Waals surface area contributed by atoms with Gasteiger partial charge in [-0.3, -0.25) is 4.79 Å². The molecule has 0 bridgehead atoms. The topological polar surface area (TPSA) is 60.5 Å². The molecule has 1 aromatic heterocycles. The smallest absolute Gasteiger partial charge is 0.323 e. The molecule has 1 aromatic rings. The van der Waals surface area contributed by atoms with Crippen molar-refractivity contribution in [3.63, 3.8) is 0 Å². The van der Waals surface area contributed by atoms with Crippen LogP contribution in [0.15, 0.2) is 18.3 Å². The van der Waals surface area contributed by atoms with Crippen molar-refractivity contribution in [3.05, 3.63) is 23.9 Å². The predicted octanol–water partition coefficient (Wildman–Crippen LogP) is 1.52. The maximum absolute atomic E-state index is 11.6. The van der Waals surface area contributed by atoms with Crippen molar-refractivity contribution in [1.29, 1.82) is 0 Å². The number of nitrogens with one attached hydrogen (secondary N) is 1. The summed E-state index contributed by atoms with van der Waals surface area (Å²) in [5.74, 6) is 0.361. The maximum Gasteiger partial charge on any atom is 0.323 e. The van der Waals surface area contributed by atoms with E-state index >= 15 is 0 Å². The standard InChI is InChI=1S/C13H20N2O3/c1-4-11(13(16)18-5-2)15-9-10-6-7-14-12(8-10)17-3/h6-8,11,15H,4-5,9H2,1-3H3. The number of ether oxygens (including phenoxy) is 2. The summed E-state index contributed by atoms with van der Waals surface area (Å²) in [5.41, 5.74) is 1.02. The van der Waals surface area contributed by atoms with E-state index in [1.165, 1.54) is 0 Å². The lowest BCUT2D eigenvalue weighted by molar-refractivity contribution is -0.145. The minimum Gasteiger partial charge on any atom is -0.481 e. The highest BCUT2D eigenvalue weighted by Crippen LogP contribution is 2.08. The van der Waals surface area contributed by atoms with Gasteiger partial charge in [0.05, 0.1) is 13.7 Å². The zero-order chi connectivity index (χ0) is 13.4. The highest BCUT2D eigenvalue weighted by atomic mass is 16.5. The molecule has 1 heterocycles. The predicted molar refractivity (Wildman–Crippen MR) is 68.3 cm³/mol. The van der Waals surface area contributed by atoms with Crippen LogP contribution < -0.4 is 10.1 Å². The van der Waals surface area contributed by atoms with Crippen LogP contribution in [0, 0.1) is 0 Å². The number of carbonyl (C=O) groups is 1. The van der Waals surface area contributed by atoms with Crippen LogP contribution in [0.25, 0.3) is 0 Å². The molecule has 0 aliphatic rings. The van der Waals surface area contributed by atoms with Crippen LogP contribution in [0.2, 0.25) is 0 Å². The Morgan fingerprint density at radius 3 is 2.89 bits per heavy atom. The van der Waals surface area contributed by atoms with Gasteiger partial charge in [-0.25, -0.2) is 4.98 Å². The molecule has 0 fully saturated rings. The highest BCUT2D eigenvalue weighted by molar-refractivity contribution is 5.75. The van der Waals surface area contributed by atoms with Gasteiger partial charge in [-0.2, -0.15) is 0 Å². The molecule has 0 aliphatic carbocycles. The third-order valence-corrected chi connectivity index (χ3v) is 2.54. The summed E-state index contributed by atoms with van der Waals surface area (Å²) in [4.78, 5) is 15.6. The molecule has 0 amide bonds. The highest BCUT2D eigenvalue weighted by Gasteiger charge is 2.16. The number of aromatic nitrogens is 1. The second kappa shape index (κ2) is 7.66. The first-order valence-electron chi connectivity index (χ1n) is 6.10. The first kappa shape index (κ1) is 14.4. The molecule has 0 saturated carbocycles. The molecule has 0 aliphatic heterocycles. The fraction of sp³-hybridized carbons (Fsp3) is 0.538. The zero-order valence-corrected chi connectivity index (χ0v) is 11.1. The van der Waals surface area contributed by atoms with Crippen molar-refractivity contribution in [3.8, 4) is 5.88 Å². The van der Waals surface area contributed by atoms with E-state index in [0.717, 1.165) is 5.56 Å². The average Bonchev–Trinajstić information content (AvgIpc) is 2.40. The molecule has 100 valence electrons. The second-order valence-corrected chi connectivity index (χ2v) is 3.80. The van der Waals surface area contributed by atoms with E-state index in [4.69, 9.17) is 9.47 Å². The van der Waals surface area contributed by atoms with Crippen LogP contribution in [0.3, 0.4) is 0 Å². The van der Waals surface area contributed by atoms with Crippen molar-refractivity contribution in [1.82, 2.24) is 10.3 Å². The monoisotopic (exact) mass is 252 g/mol. The van der Waals surface area contributed by atoms with Crippen LogP contribution in [-0.4, -0.2) is 30.7 Å². The van der Waals surface area contributed by atoms with E-state index in [1.54, 1.807) is 20.2 Å². The Bertz CT molecular complexity index is 382. The average molecular weight is 252 g/mol. The van der Waals surface area contributed by atoms with Crippen molar-refractivity contribution in [2.24, 2.45) is 0 Å². The summed E-state index contributed by atoms with van der Waals surface area (Å²) in [6, 6.07) is 3.45. The summed E-state index contributed by atoms with van der Waals surface area (Å²) >= 11 is 0. The molecule has 5 heteroatoms. The van der Waals surface area contributed by atoms with Crippen LogP contribution in [-0.2, 0) is 16.1 Å². The summed E-state index contributed by atoms with van der Waals surface area (Å²) in [5, 5.41) is 3.16. The number of esters is 1. The molecule has 0 aromatic carbocycles. The fourth-order valence-corrected chi connectivity index (χ4v) is 1.55. The minimum absolute atomic E-state index is 0.207. The molecular formula is C13H20N2O3. The summed E-state index contributed by atoms with van der Waals surface area (Å²) in [7, 11) is 1.58. The van der Waals surface area contributed by atoms with Gasteiger partial charge in [0.25, 0.3) is 0 Å². The van der Waals surface area contributed by atoms with Gasteiger partial charge in [0, 0.05) is 18.8 Å². The van der Waals surface area contributed by atoms with Gasteiger partial charge in [-0.05, 0) is 25.0 Å². The molecule has 1 atom stereocenters. The van der Waals surface area contributed by atoms with Crippen molar-refractivity contribution >= 4 is 5.97 Å². The van der Waals surface area contributed by atoms with Gasteiger partial charge in [0.2, 0.25) is 5.88 Å². The second-order valence-electron chi connectivity index (χ2n) is 3.80. The van der Waals surface area contributed by atoms with E-state index in [0.29, 0.717) is 25.5 Å². The van der Waals surface area contributed by atoms with Crippen LogP contribution in [0.1, 0.15) is 25.8 Å². The van der Waals surface area contributed by atoms with Gasteiger partial charge in [0.1, 0.15) is 6.04 Å². The summed E-state index contributed by atoms with van der Waals surface area (Å²) < 4.78 is 10.0. The Morgan fingerprint density at radius 1 is 1.50 bits per heavy atom. The lowest BCUT2D eigenvalue weighted by Crippen LogP contribution is -2.37. The first-order valence-corrected chi connectivity index (χ1v) is 6.10. The zero-order valence-electron chi connectivity index (χ0n) is 11.1. The third-order valence-electron chi connectivity index (χ3n) is 2.54. The van der Waals surface area contributed by atoms with Crippen molar-refractivity contribution < 1.29 is 14.3 Å². The molecular weight excluding hydrogens is 232 g/mol. The van der Waals surface area contributed by atoms with Crippen molar-refractivity contribution in [2.75, 3.05) is 13.7 Å². The fourth-order valence-electron chi connectivity index (χ4n) is 1.55. The van der Waals surface area contributed by atoms with E-state index in [-0.39, 0.29) is 12.0 Å². The molecule has 1 N–H and O–H groups in total.